The number of Topliss-reactive ketones (excluding diaryl/α,β-unsaturated/α-hetero) is 1. The molecule has 1 aliphatic heterocycles. The Morgan fingerprint density at radius 2 is 1.95 bits per heavy atom. The first-order valence-corrected chi connectivity index (χ1v) is 6.17. The lowest BCUT2D eigenvalue weighted by molar-refractivity contribution is -0.161. The minimum absolute atomic E-state index is 0.0245. The first kappa shape index (κ1) is 13.3. The summed E-state index contributed by atoms with van der Waals surface area (Å²) in [7, 11) is 0. The number of piperidine rings is 1. The van der Waals surface area contributed by atoms with Crippen LogP contribution in [0.3, 0.4) is 0 Å². The van der Waals surface area contributed by atoms with E-state index in [1.54, 1.807) is 31.2 Å². The van der Waals surface area contributed by atoms with Crippen molar-refractivity contribution in [3.05, 3.63) is 30.3 Å². The van der Waals surface area contributed by atoms with Crippen molar-refractivity contribution in [1.29, 1.82) is 0 Å². The second-order valence-electron chi connectivity index (χ2n) is 4.53. The van der Waals surface area contributed by atoms with Crippen molar-refractivity contribution >= 4 is 23.3 Å². The number of carbonyl (C=O) groups is 3. The van der Waals surface area contributed by atoms with Gasteiger partial charge in [0.05, 0.1) is 0 Å². The Hall–Kier alpha value is -2.17. The highest BCUT2D eigenvalue weighted by Crippen LogP contribution is 2.34. The minimum atomic E-state index is -1.92. The first-order valence-electron chi connectivity index (χ1n) is 6.17. The van der Waals surface area contributed by atoms with Crippen LogP contribution in [-0.4, -0.2) is 29.3 Å². The molecule has 1 heterocycles. The summed E-state index contributed by atoms with van der Waals surface area (Å²) in [6, 6.07) is 8.82. The van der Waals surface area contributed by atoms with Gasteiger partial charge in [-0.15, -0.1) is 0 Å². The maximum absolute atomic E-state index is 12.5. The Kier molecular flexibility index (Phi) is 3.38. The maximum Gasteiger partial charge on any atom is 0.326 e. The second kappa shape index (κ2) is 4.84. The Balaban J connectivity index is 2.45. The number of ketones is 1. The summed E-state index contributed by atoms with van der Waals surface area (Å²) in [5.41, 5.74) is -1.30. The average Bonchev–Trinajstić information content (AvgIpc) is 2.40. The summed E-state index contributed by atoms with van der Waals surface area (Å²) in [5.74, 6) is -2.49. The van der Waals surface area contributed by atoms with E-state index in [-0.39, 0.29) is 19.4 Å². The highest BCUT2D eigenvalue weighted by molar-refractivity contribution is 6.26. The minimum Gasteiger partial charge on any atom is -0.480 e. The molecule has 0 bridgehead atoms. The van der Waals surface area contributed by atoms with Gasteiger partial charge in [0.25, 0.3) is 5.91 Å². The summed E-state index contributed by atoms with van der Waals surface area (Å²) in [4.78, 5) is 37.2. The molecule has 0 radical (unpaired) electrons. The zero-order valence-corrected chi connectivity index (χ0v) is 10.6. The molecule has 1 aromatic rings. The van der Waals surface area contributed by atoms with Crippen molar-refractivity contribution in [1.82, 2.24) is 0 Å². The van der Waals surface area contributed by atoms with Gasteiger partial charge in [-0.2, -0.15) is 0 Å². The van der Waals surface area contributed by atoms with Crippen LogP contribution in [0.15, 0.2) is 30.3 Å². The number of hydrogen-bond donors (Lipinski definition) is 1. The van der Waals surface area contributed by atoms with Crippen molar-refractivity contribution in [3.8, 4) is 0 Å². The van der Waals surface area contributed by atoms with Gasteiger partial charge in [0.15, 0.2) is 5.78 Å². The number of carboxylic acid groups (broad SMARTS) is 1. The van der Waals surface area contributed by atoms with Crippen LogP contribution in [0.1, 0.15) is 19.8 Å². The van der Waals surface area contributed by atoms with E-state index in [1.807, 2.05) is 6.07 Å². The Labute approximate surface area is 110 Å². The van der Waals surface area contributed by atoms with Crippen molar-refractivity contribution in [2.24, 2.45) is 5.41 Å². The smallest absolute Gasteiger partial charge is 0.326 e. The van der Waals surface area contributed by atoms with Gasteiger partial charge >= 0.3 is 5.97 Å². The highest BCUT2D eigenvalue weighted by Gasteiger charge is 2.55. The molecular formula is C14H15NO4. The Bertz CT molecular complexity index is 526. The summed E-state index contributed by atoms with van der Waals surface area (Å²) in [6.07, 6.45) is 0.0457. The van der Waals surface area contributed by atoms with Crippen molar-refractivity contribution in [2.75, 3.05) is 11.4 Å². The molecule has 0 aromatic heterocycles. The number of amides is 1. The van der Waals surface area contributed by atoms with Gasteiger partial charge < -0.3 is 10.0 Å². The van der Waals surface area contributed by atoms with Crippen LogP contribution in [0, 0.1) is 5.41 Å². The predicted octanol–water partition coefficient (Wildman–Crippen LogP) is 1.47. The molecule has 1 saturated heterocycles. The van der Waals surface area contributed by atoms with E-state index in [1.165, 1.54) is 4.90 Å². The van der Waals surface area contributed by atoms with Gasteiger partial charge in [-0.05, 0) is 18.6 Å². The van der Waals surface area contributed by atoms with E-state index in [0.29, 0.717) is 5.69 Å². The van der Waals surface area contributed by atoms with Gasteiger partial charge in [0.2, 0.25) is 5.41 Å². The molecule has 1 fully saturated rings. The third-order valence-corrected chi connectivity index (χ3v) is 3.61. The lowest BCUT2D eigenvalue weighted by atomic mass is 9.75. The summed E-state index contributed by atoms with van der Waals surface area (Å²) >= 11 is 0. The van der Waals surface area contributed by atoms with Crippen molar-refractivity contribution in [2.45, 2.75) is 19.8 Å². The fraction of sp³-hybridized carbons (Fsp3) is 0.357. The molecule has 19 heavy (non-hydrogen) atoms. The van der Waals surface area contributed by atoms with Crippen molar-refractivity contribution in [3.63, 3.8) is 0 Å². The zero-order valence-electron chi connectivity index (χ0n) is 10.6. The largest absolute Gasteiger partial charge is 0.480 e. The standard InChI is InChI=1S/C14H15NO4/c1-2-14(13(18)19)11(16)8-9-15(12(14)17)10-6-4-3-5-7-10/h3-7H,2,8-9H2,1H3,(H,18,19). The fourth-order valence-electron chi connectivity index (χ4n) is 2.44. The van der Waals surface area contributed by atoms with E-state index in [9.17, 15) is 19.5 Å². The number of rotatable bonds is 3. The molecule has 1 N–H and O–H groups in total. The number of anilines is 1. The number of para-hydroxylation sites is 1. The highest BCUT2D eigenvalue weighted by atomic mass is 16.4. The predicted molar refractivity (Wildman–Crippen MR) is 68.8 cm³/mol. The molecule has 100 valence electrons. The normalized spacial score (nSPS) is 23.5. The molecule has 1 aromatic carbocycles. The molecule has 2 rings (SSSR count). The molecule has 5 nitrogen and oxygen atoms in total. The first-order chi connectivity index (χ1) is 9.04. The van der Waals surface area contributed by atoms with E-state index < -0.39 is 23.1 Å². The number of carboxylic acids is 1. The fourth-order valence-corrected chi connectivity index (χ4v) is 2.44. The van der Waals surface area contributed by atoms with Gasteiger partial charge in [0, 0.05) is 18.7 Å². The third-order valence-electron chi connectivity index (χ3n) is 3.61. The van der Waals surface area contributed by atoms with Gasteiger partial charge in [-0.1, -0.05) is 25.1 Å². The molecule has 5 heteroatoms. The zero-order chi connectivity index (χ0) is 14.0. The van der Waals surface area contributed by atoms with E-state index in [2.05, 4.69) is 0 Å². The Morgan fingerprint density at radius 3 is 2.47 bits per heavy atom. The summed E-state index contributed by atoms with van der Waals surface area (Å²) in [5, 5.41) is 9.33. The number of aliphatic carboxylic acids is 1. The summed E-state index contributed by atoms with van der Waals surface area (Å²) < 4.78 is 0. The van der Waals surface area contributed by atoms with Gasteiger partial charge in [-0.3, -0.25) is 14.4 Å². The number of benzene rings is 1. The number of carbonyl (C=O) groups excluding carboxylic acids is 2. The van der Waals surface area contributed by atoms with Crippen LogP contribution in [0.5, 0.6) is 0 Å². The average molecular weight is 261 g/mol. The summed E-state index contributed by atoms with van der Waals surface area (Å²) in [6.45, 7) is 1.79. The number of nitrogens with zero attached hydrogens (tertiary/aromatic N) is 1. The third kappa shape index (κ3) is 1.91. The lowest BCUT2D eigenvalue weighted by Gasteiger charge is -2.37. The topological polar surface area (TPSA) is 74.7 Å². The van der Waals surface area contributed by atoms with Crippen LogP contribution < -0.4 is 4.90 Å². The molecule has 1 atom stereocenters. The van der Waals surface area contributed by atoms with Crippen LogP contribution >= 0.6 is 0 Å². The monoisotopic (exact) mass is 261 g/mol. The molecule has 1 aliphatic rings. The van der Waals surface area contributed by atoms with Gasteiger partial charge in [-0.25, -0.2) is 0 Å². The van der Waals surface area contributed by atoms with E-state index >= 15 is 0 Å². The van der Waals surface area contributed by atoms with Crippen LogP contribution in [-0.2, 0) is 14.4 Å². The van der Waals surface area contributed by atoms with Gasteiger partial charge in [0.1, 0.15) is 0 Å². The Morgan fingerprint density at radius 1 is 1.32 bits per heavy atom. The molecular weight excluding hydrogens is 246 g/mol. The number of hydrogen-bond acceptors (Lipinski definition) is 3. The second-order valence-corrected chi connectivity index (χ2v) is 4.53. The van der Waals surface area contributed by atoms with E-state index in [0.717, 1.165) is 0 Å². The molecule has 1 amide bonds. The maximum atomic E-state index is 12.5. The lowest BCUT2D eigenvalue weighted by Crippen LogP contribution is -2.58. The van der Waals surface area contributed by atoms with Crippen LogP contribution in [0.4, 0.5) is 5.69 Å². The molecule has 0 spiro atoms. The SMILES string of the molecule is CCC1(C(=O)O)C(=O)CCN(c2ccccc2)C1=O. The van der Waals surface area contributed by atoms with Crippen LogP contribution in [0.25, 0.3) is 0 Å². The molecule has 0 aliphatic carbocycles. The van der Waals surface area contributed by atoms with E-state index in [4.69, 9.17) is 0 Å². The molecule has 0 saturated carbocycles. The van der Waals surface area contributed by atoms with Crippen molar-refractivity contribution < 1.29 is 19.5 Å². The molecule has 1 unspecified atom stereocenters. The van der Waals surface area contributed by atoms with Crippen LogP contribution in [0.2, 0.25) is 0 Å². The quantitative estimate of drug-likeness (QED) is 0.836.